The van der Waals surface area contributed by atoms with Crippen molar-refractivity contribution in [3.05, 3.63) is 60.1 Å². The molecule has 2 fully saturated rings. The molecule has 1 saturated heterocycles. The molecule has 196 valence electrons. The van der Waals surface area contributed by atoms with E-state index in [4.69, 9.17) is 4.52 Å². The smallest absolute Gasteiger partial charge is 0.224 e. The predicted octanol–water partition coefficient (Wildman–Crippen LogP) is 4.93. The van der Waals surface area contributed by atoms with E-state index in [0.29, 0.717) is 35.6 Å². The van der Waals surface area contributed by atoms with Crippen LogP contribution in [0.3, 0.4) is 0 Å². The third kappa shape index (κ3) is 5.82. The number of piperidine rings is 1. The number of imidazole rings is 1. The van der Waals surface area contributed by atoms with Gasteiger partial charge in [-0.05, 0) is 69.8 Å². The topological polar surface area (TPSA) is 104 Å². The quantitative estimate of drug-likeness (QED) is 0.282. The molecule has 2 aromatic heterocycles. The Kier molecular flexibility index (Phi) is 7.50. The maximum atomic E-state index is 14.3. The van der Waals surface area contributed by atoms with Gasteiger partial charge in [0.15, 0.2) is 5.78 Å². The highest BCUT2D eigenvalue weighted by Crippen LogP contribution is 2.59. The second-order valence-electron chi connectivity index (χ2n) is 10.6. The summed E-state index contributed by atoms with van der Waals surface area (Å²) in [6, 6.07) is 7.84. The Balaban J connectivity index is 1.22. The first-order valence-electron chi connectivity index (χ1n) is 13.2. The molecule has 0 bridgehead atoms. The van der Waals surface area contributed by atoms with Crippen LogP contribution < -0.4 is 5.32 Å². The van der Waals surface area contributed by atoms with Crippen LogP contribution in [-0.2, 0) is 4.79 Å². The van der Waals surface area contributed by atoms with Gasteiger partial charge >= 0.3 is 0 Å². The third-order valence-electron chi connectivity index (χ3n) is 8.02. The zero-order valence-electron chi connectivity index (χ0n) is 21.2. The summed E-state index contributed by atoms with van der Waals surface area (Å²) in [5, 5.41) is 6.95. The number of aromatic nitrogens is 3. The zero-order valence-corrected chi connectivity index (χ0v) is 21.2. The van der Waals surface area contributed by atoms with Crippen LogP contribution in [0.4, 0.5) is 4.39 Å². The first-order chi connectivity index (χ1) is 17.9. The third-order valence-corrected chi connectivity index (χ3v) is 8.02. The molecular formula is C28H34FN5O3. The van der Waals surface area contributed by atoms with Crippen LogP contribution in [0.1, 0.15) is 73.7 Å². The molecule has 2 atom stereocenters. The fourth-order valence-electron chi connectivity index (χ4n) is 5.51. The normalized spacial score (nSPS) is 19.6. The van der Waals surface area contributed by atoms with Crippen molar-refractivity contribution in [2.24, 2.45) is 11.3 Å². The molecule has 1 aromatic carbocycles. The van der Waals surface area contributed by atoms with Crippen molar-refractivity contribution in [3.8, 4) is 11.3 Å². The Morgan fingerprint density at radius 1 is 1.22 bits per heavy atom. The maximum absolute atomic E-state index is 14.3. The molecule has 1 unspecified atom stereocenters. The van der Waals surface area contributed by atoms with Crippen molar-refractivity contribution in [1.29, 1.82) is 0 Å². The molecule has 3 heterocycles. The molecule has 1 amide bonds. The first kappa shape index (κ1) is 25.3. The van der Waals surface area contributed by atoms with E-state index in [0.717, 1.165) is 51.6 Å². The lowest BCUT2D eigenvalue weighted by atomic mass is 9.91. The van der Waals surface area contributed by atoms with Crippen molar-refractivity contribution < 1.29 is 18.5 Å². The number of unbranched alkanes of at least 4 members (excludes halogenated alkanes) is 2. The molecule has 1 aliphatic heterocycles. The highest BCUT2D eigenvalue weighted by molar-refractivity contribution is 5.93. The number of nitrogens with zero attached hydrogens (tertiary/aromatic N) is 3. The molecular weight excluding hydrogens is 473 g/mol. The molecule has 2 aliphatic rings. The van der Waals surface area contributed by atoms with Crippen LogP contribution in [-0.4, -0.2) is 51.9 Å². The molecule has 1 aliphatic carbocycles. The van der Waals surface area contributed by atoms with E-state index < -0.39 is 0 Å². The number of halogens is 1. The molecule has 0 radical (unpaired) electrons. The van der Waals surface area contributed by atoms with E-state index in [9.17, 15) is 14.0 Å². The molecule has 1 spiro atoms. The average molecular weight is 508 g/mol. The highest BCUT2D eigenvalue weighted by atomic mass is 19.1. The SMILES string of the molecule is CN1CCC2(CC1)CC2C(=O)N[C@@H](CCCCCC(=O)c1ccon1)c1ncc(-c2ccccc2F)[nH]1. The molecule has 5 rings (SSSR count). The van der Waals surface area contributed by atoms with Crippen LogP contribution in [0.5, 0.6) is 0 Å². The number of amides is 1. The van der Waals surface area contributed by atoms with Crippen LogP contribution in [0.25, 0.3) is 11.3 Å². The Morgan fingerprint density at radius 2 is 2.03 bits per heavy atom. The second-order valence-corrected chi connectivity index (χ2v) is 10.6. The summed E-state index contributed by atoms with van der Waals surface area (Å²) in [7, 11) is 2.13. The van der Waals surface area contributed by atoms with Crippen molar-refractivity contribution in [2.45, 2.75) is 57.4 Å². The Bertz CT molecular complexity index is 1220. The zero-order chi connectivity index (χ0) is 25.8. The van der Waals surface area contributed by atoms with Gasteiger partial charge in [-0.3, -0.25) is 9.59 Å². The molecule has 37 heavy (non-hydrogen) atoms. The first-order valence-corrected chi connectivity index (χ1v) is 13.2. The number of aromatic amines is 1. The van der Waals surface area contributed by atoms with Gasteiger partial charge in [0, 0.05) is 24.0 Å². The van der Waals surface area contributed by atoms with Crippen LogP contribution in [0.2, 0.25) is 0 Å². The summed E-state index contributed by atoms with van der Waals surface area (Å²) in [6.07, 6.45) is 9.54. The number of benzene rings is 1. The van der Waals surface area contributed by atoms with E-state index in [1.807, 2.05) is 0 Å². The Hall–Kier alpha value is -3.33. The molecule has 2 N–H and O–H groups in total. The lowest BCUT2D eigenvalue weighted by Crippen LogP contribution is -2.36. The van der Waals surface area contributed by atoms with Gasteiger partial charge in [-0.2, -0.15) is 0 Å². The van der Waals surface area contributed by atoms with Gasteiger partial charge in [0.25, 0.3) is 0 Å². The molecule has 9 heteroatoms. The minimum Gasteiger partial charge on any atom is -0.364 e. The minimum absolute atomic E-state index is 0.0312. The maximum Gasteiger partial charge on any atom is 0.224 e. The van der Waals surface area contributed by atoms with Gasteiger partial charge in [0.1, 0.15) is 23.6 Å². The number of hydrogen-bond acceptors (Lipinski definition) is 6. The number of carbonyl (C=O) groups is 2. The summed E-state index contributed by atoms with van der Waals surface area (Å²) in [6.45, 7) is 2.06. The number of carbonyl (C=O) groups excluding carboxylic acids is 2. The van der Waals surface area contributed by atoms with Crippen molar-refractivity contribution in [1.82, 2.24) is 25.3 Å². The number of rotatable bonds is 11. The largest absolute Gasteiger partial charge is 0.364 e. The fourth-order valence-corrected chi connectivity index (χ4v) is 5.51. The van der Waals surface area contributed by atoms with E-state index >= 15 is 0 Å². The summed E-state index contributed by atoms with van der Waals surface area (Å²) in [4.78, 5) is 35.5. The number of likely N-dealkylation sites (tertiary alicyclic amines) is 1. The predicted molar refractivity (Wildman–Crippen MR) is 136 cm³/mol. The van der Waals surface area contributed by atoms with Gasteiger partial charge in [-0.15, -0.1) is 0 Å². The number of hydrogen-bond donors (Lipinski definition) is 2. The van der Waals surface area contributed by atoms with E-state index in [1.54, 1.807) is 30.5 Å². The lowest BCUT2D eigenvalue weighted by molar-refractivity contribution is -0.124. The number of nitrogens with one attached hydrogen (secondary N) is 2. The average Bonchev–Trinajstić information content (AvgIpc) is 3.26. The Labute approximate surface area is 216 Å². The molecule has 3 aromatic rings. The summed E-state index contributed by atoms with van der Waals surface area (Å²) < 4.78 is 19.1. The summed E-state index contributed by atoms with van der Waals surface area (Å²) >= 11 is 0. The molecule has 1 saturated carbocycles. The van der Waals surface area contributed by atoms with E-state index in [1.165, 1.54) is 12.3 Å². The Morgan fingerprint density at radius 3 is 2.78 bits per heavy atom. The van der Waals surface area contributed by atoms with Gasteiger partial charge in [-0.25, -0.2) is 9.37 Å². The summed E-state index contributed by atoms with van der Waals surface area (Å²) in [5.41, 5.74) is 1.53. The van der Waals surface area contributed by atoms with Crippen molar-refractivity contribution in [2.75, 3.05) is 20.1 Å². The highest BCUT2D eigenvalue weighted by Gasteiger charge is 2.58. The fraction of sp³-hybridized carbons (Fsp3) is 0.500. The number of Topliss-reactive ketones (excluding diaryl/α,β-unsaturated/α-hetero) is 1. The van der Waals surface area contributed by atoms with Crippen LogP contribution in [0, 0.1) is 17.2 Å². The van der Waals surface area contributed by atoms with Gasteiger partial charge in [0.05, 0.1) is 17.9 Å². The standard InChI is InChI=1S/C28H34FN5O3/c1-34-14-12-28(13-15-34)17-20(28)27(36)32-23(9-3-2-4-10-25(35)22-11-16-37-33-22)26-30-18-24(31-26)19-7-5-6-8-21(19)29/h5-8,11,16,18,20,23H,2-4,9-10,12-15,17H2,1H3,(H,30,31)(H,32,36)/t20?,23-/m0/s1. The van der Waals surface area contributed by atoms with Gasteiger partial charge in [0.2, 0.25) is 5.91 Å². The van der Waals surface area contributed by atoms with Gasteiger partial charge < -0.3 is 19.7 Å². The number of ketones is 1. The molecule has 8 nitrogen and oxygen atoms in total. The second kappa shape index (κ2) is 11.0. The van der Waals surface area contributed by atoms with Crippen LogP contribution in [0.15, 0.2) is 47.3 Å². The monoisotopic (exact) mass is 507 g/mol. The summed E-state index contributed by atoms with van der Waals surface area (Å²) in [5.74, 6) is 0.404. The van der Waals surface area contributed by atoms with Crippen molar-refractivity contribution >= 4 is 11.7 Å². The van der Waals surface area contributed by atoms with E-state index in [-0.39, 0.29) is 34.9 Å². The van der Waals surface area contributed by atoms with Gasteiger partial charge in [-0.1, -0.05) is 30.1 Å². The van der Waals surface area contributed by atoms with Crippen molar-refractivity contribution in [3.63, 3.8) is 0 Å². The number of H-pyrrole nitrogens is 1. The van der Waals surface area contributed by atoms with Crippen LogP contribution >= 0.6 is 0 Å². The minimum atomic E-state index is -0.322. The van der Waals surface area contributed by atoms with E-state index in [2.05, 4.69) is 32.4 Å². The lowest BCUT2D eigenvalue weighted by Gasteiger charge is -2.30.